The number of carbonyl (C=O) groups excluding carboxylic acids is 3. The molecule has 2 saturated heterocycles. The molecule has 0 aliphatic carbocycles. The highest BCUT2D eigenvalue weighted by atomic mass is 16.2. The van der Waals surface area contributed by atoms with E-state index in [9.17, 15) is 14.4 Å². The second-order valence-corrected chi connectivity index (χ2v) is 7.04. The first-order valence-corrected chi connectivity index (χ1v) is 8.87. The molecule has 6 nitrogen and oxygen atoms in total. The van der Waals surface area contributed by atoms with Crippen LogP contribution in [-0.4, -0.2) is 48.3 Å². The monoisotopic (exact) mass is 343 g/mol. The number of aryl methyl sites for hydroxylation is 1. The van der Waals surface area contributed by atoms with Gasteiger partial charge in [0.25, 0.3) is 5.91 Å². The van der Waals surface area contributed by atoms with Crippen molar-refractivity contribution in [2.75, 3.05) is 24.5 Å². The number of anilines is 1. The van der Waals surface area contributed by atoms with Crippen LogP contribution in [0.4, 0.5) is 5.69 Å². The van der Waals surface area contributed by atoms with E-state index in [2.05, 4.69) is 10.2 Å². The van der Waals surface area contributed by atoms with E-state index in [-0.39, 0.29) is 30.2 Å². The molecule has 25 heavy (non-hydrogen) atoms. The minimum atomic E-state index is -0.351. The smallest absolute Gasteiger partial charge is 0.251 e. The Bertz CT molecular complexity index is 663. The van der Waals surface area contributed by atoms with Gasteiger partial charge < -0.3 is 5.32 Å². The van der Waals surface area contributed by atoms with Gasteiger partial charge in [-0.25, -0.2) is 4.90 Å². The number of rotatable bonds is 4. The zero-order chi connectivity index (χ0) is 18.0. The van der Waals surface area contributed by atoms with Crippen LogP contribution in [-0.2, 0) is 14.4 Å². The summed E-state index contributed by atoms with van der Waals surface area (Å²) in [7, 11) is 0. The zero-order valence-electron chi connectivity index (χ0n) is 14.8. The predicted octanol–water partition coefficient (Wildman–Crippen LogP) is 1.48. The Morgan fingerprint density at radius 3 is 2.40 bits per heavy atom. The van der Waals surface area contributed by atoms with E-state index in [1.54, 1.807) is 0 Å². The first-order valence-electron chi connectivity index (χ1n) is 8.87. The van der Waals surface area contributed by atoms with Crippen LogP contribution in [0.1, 0.15) is 31.7 Å². The van der Waals surface area contributed by atoms with Crippen LogP contribution in [0.15, 0.2) is 24.3 Å². The minimum Gasteiger partial charge on any atom is -0.356 e. The fourth-order valence-corrected chi connectivity index (χ4v) is 3.62. The van der Waals surface area contributed by atoms with Gasteiger partial charge >= 0.3 is 0 Å². The number of amides is 3. The molecule has 0 radical (unpaired) electrons. The zero-order valence-corrected chi connectivity index (χ0v) is 14.8. The number of likely N-dealkylation sites (tertiary alicyclic amines) is 1. The van der Waals surface area contributed by atoms with Gasteiger partial charge in [0.2, 0.25) is 11.8 Å². The lowest BCUT2D eigenvalue weighted by Gasteiger charge is -2.34. The van der Waals surface area contributed by atoms with Gasteiger partial charge in [0, 0.05) is 13.5 Å². The van der Waals surface area contributed by atoms with Crippen LogP contribution >= 0.6 is 0 Å². The molecule has 134 valence electrons. The Hall–Kier alpha value is -2.21. The second-order valence-electron chi connectivity index (χ2n) is 7.04. The van der Waals surface area contributed by atoms with Crippen LogP contribution in [0.25, 0.3) is 0 Å². The van der Waals surface area contributed by atoms with Crippen LogP contribution in [0.3, 0.4) is 0 Å². The lowest BCUT2D eigenvalue weighted by Crippen LogP contribution is -2.47. The van der Waals surface area contributed by atoms with Gasteiger partial charge in [0.1, 0.15) is 0 Å². The highest BCUT2D eigenvalue weighted by Crippen LogP contribution is 2.28. The molecule has 6 heteroatoms. The third-order valence-electron chi connectivity index (χ3n) is 5.14. The maximum Gasteiger partial charge on any atom is 0.251 e. The van der Waals surface area contributed by atoms with Gasteiger partial charge in [-0.3, -0.25) is 19.3 Å². The number of carbonyl (C=O) groups is 3. The highest BCUT2D eigenvalue weighted by molar-refractivity contribution is 6.22. The summed E-state index contributed by atoms with van der Waals surface area (Å²) in [5.41, 5.74) is 1.75. The van der Waals surface area contributed by atoms with Crippen molar-refractivity contribution in [2.24, 2.45) is 5.92 Å². The number of hydrogen-bond acceptors (Lipinski definition) is 4. The number of nitrogens with one attached hydrogen (secondary N) is 1. The van der Waals surface area contributed by atoms with Crippen molar-refractivity contribution < 1.29 is 14.4 Å². The molecule has 0 bridgehead atoms. The third kappa shape index (κ3) is 3.90. The molecule has 2 fully saturated rings. The first kappa shape index (κ1) is 17.6. The maximum atomic E-state index is 12.8. The van der Waals surface area contributed by atoms with Crippen LogP contribution in [0.5, 0.6) is 0 Å². The molecular weight excluding hydrogens is 318 g/mol. The van der Waals surface area contributed by atoms with Crippen LogP contribution in [0, 0.1) is 12.8 Å². The molecule has 0 spiro atoms. The molecule has 1 atom stereocenters. The van der Waals surface area contributed by atoms with Crippen LogP contribution < -0.4 is 10.2 Å². The summed E-state index contributed by atoms with van der Waals surface area (Å²) in [6.07, 6.45) is 2.12. The molecule has 0 aromatic heterocycles. The normalized spacial score (nSPS) is 22.5. The van der Waals surface area contributed by atoms with Crippen molar-refractivity contribution in [2.45, 2.75) is 39.2 Å². The molecule has 2 heterocycles. The van der Waals surface area contributed by atoms with E-state index in [4.69, 9.17) is 0 Å². The Kier molecular flexibility index (Phi) is 5.18. The Morgan fingerprint density at radius 2 is 1.80 bits per heavy atom. The van der Waals surface area contributed by atoms with Crippen molar-refractivity contribution in [3.8, 4) is 0 Å². The summed E-state index contributed by atoms with van der Waals surface area (Å²) in [4.78, 5) is 39.7. The summed E-state index contributed by atoms with van der Waals surface area (Å²) in [6.45, 7) is 5.77. The molecule has 1 N–H and O–H groups in total. The number of imide groups is 1. The molecule has 3 amide bonds. The lowest BCUT2D eigenvalue weighted by atomic mass is 9.95. The number of nitrogens with zero attached hydrogens (tertiary/aromatic N) is 2. The second kappa shape index (κ2) is 7.35. The van der Waals surface area contributed by atoms with E-state index < -0.39 is 0 Å². The molecule has 1 aromatic carbocycles. The summed E-state index contributed by atoms with van der Waals surface area (Å²) in [6, 6.07) is 7.13. The van der Waals surface area contributed by atoms with E-state index in [0.717, 1.165) is 31.5 Å². The van der Waals surface area contributed by atoms with E-state index in [1.165, 1.54) is 11.8 Å². The van der Waals surface area contributed by atoms with E-state index >= 15 is 0 Å². The van der Waals surface area contributed by atoms with E-state index in [0.29, 0.717) is 18.2 Å². The average molecular weight is 343 g/mol. The number of hydrogen-bond donors (Lipinski definition) is 1. The summed E-state index contributed by atoms with van der Waals surface area (Å²) >= 11 is 0. The van der Waals surface area contributed by atoms with Gasteiger partial charge in [0.15, 0.2) is 0 Å². The molecule has 2 aliphatic rings. The SMILES string of the molecule is CC(=O)NCC1CCN([C@H]2CC(=O)N(c3ccc(C)cc3)C2=O)CC1. The molecule has 1 aromatic rings. The molecule has 2 aliphatic heterocycles. The minimum absolute atomic E-state index is 0.00673. The Labute approximate surface area is 148 Å². The first-order chi connectivity index (χ1) is 12.0. The van der Waals surface area contributed by atoms with Gasteiger partial charge in [-0.1, -0.05) is 17.7 Å². The topological polar surface area (TPSA) is 69.7 Å². The van der Waals surface area contributed by atoms with Crippen molar-refractivity contribution in [3.63, 3.8) is 0 Å². The summed E-state index contributed by atoms with van der Waals surface area (Å²) in [5, 5.41) is 2.86. The largest absolute Gasteiger partial charge is 0.356 e. The molecule has 0 saturated carbocycles. The quantitative estimate of drug-likeness (QED) is 0.841. The summed E-state index contributed by atoms with van der Waals surface area (Å²) < 4.78 is 0. The fraction of sp³-hybridized carbons (Fsp3) is 0.526. The maximum absolute atomic E-state index is 12.8. The average Bonchev–Trinajstić information content (AvgIpc) is 2.89. The Morgan fingerprint density at radius 1 is 1.16 bits per heavy atom. The van der Waals surface area contributed by atoms with Crippen molar-refractivity contribution in [3.05, 3.63) is 29.8 Å². The molecular formula is C19H25N3O3. The highest BCUT2D eigenvalue weighted by Gasteiger charge is 2.43. The van der Waals surface area contributed by atoms with Gasteiger partial charge in [-0.15, -0.1) is 0 Å². The molecule has 0 unspecified atom stereocenters. The van der Waals surface area contributed by atoms with Crippen molar-refractivity contribution in [1.82, 2.24) is 10.2 Å². The van der Waals surface area contributed by atoms with Crippen molar-refractivity contribution in [1.29, 1.82) is 0 Å². The molecule has 3 rings (SSSR count). The number of piperidine rings is 1. The van der Waals surface area contributed by atoms with Crippen molar-refractivity contribution >= 4 is 23.4 Å². The van der Waals surface area contributed by atoms with Gasteiger partial charge in [-0.2, -0.15) is 0 Å². The summed E-state index contributed by atoms with van der Waals surface area (Å²) in [5.74, 6) is 0.196. The fourth-order valence-electron chi connectivity index (χ4n) is 3.62. The van der Waals surface area contributed by atoms with Crippen LogP contribution in [0.2, 0.25) is 0 Å². The Balaban J connectivity index is 1.61. The van der Waals surface area contributed by atoms with Gasteiger partial charge in [-0.05, 0) is 50.9 Å². The predicted molar refractivity (Wildman–Crippen MR) is 95.1 cm³/mol. The standard InChI is InChI=1S/C19H25N3O3/c1-13-3-5-16(6-4-13)22-18(24)11-17(19(22)25)21-9-7-15(8-10-21)12-20-14(2)23/h3-6,15,17H,7-12H2,1-2H3,(H,20,23)/t17-/m0/s1. The number of benzene rings is 1. The van der Waals surface area contributed by atoms with E-state index in [1.807, 2.05) is 31.2 Å². The lowest BCUT2D eigenvalue weighted by molar-refractivity contribution is -0.123. The van der Waals surface area contributed by atoms with Gasteiger partial charge in [0.05, 0.1) is 18.2 Å². The third-order valence-corrected chi connectivity index (χ3v) is 5.14.